The predicted molar refractivity (Wildman–Crippen MR) is 134 cm³/mol. The second-order valence-corrected chi connectivity index (χ2v) is 8.55. The molecule has 34 heavy (non-hydrogen) atoms. The lowest BCUT2D eigenvalue weighted by Gasteiger charge is -2.14. The molecule has 2 aromatic carbocycles. The maximum Gasteiger partial charge on any atom is 0.336 e. The summed E-state index contributed by atoms with van der Waals surface area (Å²) in [6.07, 6.45) is -0.571. The van der Waals surface area contributed by atoms with Crippen LogP contribution in [0, 0.1) is 12.8 Å². The topological polar surface area (TPSA) is 90.7 Å². The number of hydrogen-bond acceptors (Lipinski definition) is 7. The molecule has 0 unspecified atom stereocenters. The summed E-state index contributed by atoms with van der Waals surface area (Å²) >= 11 is 0. The minimum absolute atomic E-state index is 0.307. The quantitative estimate of drug-likeness (QED) is 0.344. The molecule has 0 aliphatic heterocycles. The molecule has 8 nitrogen and oxygen atoms in total. The van der Waals surface area contributed by atoms with Crippen LogP contribution >= 0.6 is 0 Å². The van der Waals surface area contributed by atoms with E-state index in [1.165, 1.54) is 5.56 Å². The Labute approximate surface area is 201 Å². The molecule has 0 saturated carbocycles. The monoisotopic (exact) mass is 468 g/mol. The molecule has 3 rings (SSSR count). The molecular formula is C26H36N4O4. The average molecular weight is 469 g/mol. The van der Waals surface area contributed by atoms with Crippen molar-refractivity contribution in [2.75, 3.05) is 44.9 Å². The van der Waals surface area contributed by atoms with E-state index in [1.807, 2.05) is 55.5 Å². The van der Waals surface area contributed by atoms with E-state index in [4.69, 9.17) is 14.2 Å². The van der Waals surface area contributed by atoms with Gasteiger partial charge in [0, 0.05) is 31.0 Å². The summed E-state index contributed by atoms with van der Waals surface area (Å²) in [6, 6.07) is 16.3. The van der Waals surface area contributed by atoms with Gasteiger partial charge in [-0.2, -0.15) is 4.98 Å². The van der Waals surface area contributed by atoms with Crippen LogP contribution in [0.25, 0.3) is 17.1 Å². The largest absolute Gasteiger partial charge is 0.460 e. The summed E-state index contributed by atoms with van der Waals surface area (Å²) in [5.74, 6) is 1.15. The van der Waals surface area contributed by atoms with Crippen LogP contribution in [0.15, 0.2) is 48.5 Å². The van der Waals surface area contributed by atoms with E-state index in [2.05, 4.69) is 36.2 Å². The standard InChI is InChI=1S/C26H36N4O4/c1-5-32-14-15-34-26-28-25(21-8-6-20(4)7-9-21)30(29-26)23-12-10-22(11-13-23)27-16-24(31)18-33-17-19(2)3/h6-13,19,24,27,31H,5,14-18H2,1-4H3/t24-/m1/s1. The van der Waals surface area contributed by atoms with E-state index in [0.717, 1.165) is 16.9 Å². The van der Waals surface area contributed by atoms with Gasteiger partial charge in [-0.25, -0.2) is 4.68 Å². The number of nitrogens with zero attached hydrogens (tertiary/aromatic N) is 3. The number of ether oxygens (including phenoxy) is 3. The van der Waals surface area contributed by atoms with Crippen LogP contribution in [-0.4, -0.2) is 65.6 Å². The van der Waals surface area contributed by atoms with Crippen molar-refractivity contribution in [3.05, 3.63) is 54.1 Å². The molecule has 2 N–H and O–H groups in total. The van der Waals surface area contributed by atoms with Gasteiger partial charge in [0.1, 0.15) is 6.61 Å². The first-order valence-electron chi connectivity index (χ1n) is 11.8. The van der Waals surface area contributed by atoms with Crippen LogP contribution in [-0.2, 0) is 9.47 Å². The summed E-state index contributed by atoms with van der Waals surface area (Å²) in [6.45, 7) is 11.0. The van der Waals surface area contributed by atoms with Gasteiger partial charge in [0.25, 0.3) is 0 Å². The predicted octanol–water partition coefficient (Wildman–Crippen LogP) is 4.10. The number of aryl methyl sites for hydroxylation is 1. The Morgan fingerprint density at radius 3 is 2.38 bits per heavy atom. The number of aliphatic hydroxyl groups is 1. The number of aromatic nitrogens is 3. The van der Waals surface area contributed by atoms with Crippen LogP contribution < -0.4 is 10.1 Å². The smallest absolute Gasteiger partial charge is 0.336 e. The van der Waals surface area contributed by atoms with Gasteiger partial charge in [-0.3, -0.25) is 0 Å². The minimum Gasteiger partial charge on any atom is -0.460 e. The van der Waals surface area contributed by atoms with E-state index in [9.17, 15) is 5.11 Å². The zero-order chi connectivity index (χ0) is 24.3. The summed E-state index contributed by atoms with van der Waals surface area (Å²) in [7, 11) is 0. The van der Waals surface area contributed by atoms with Gasteiger partial charge in [-0.15, -0.1) is 5.10 Å². The number of hydrogen-bond donors (Lipinski definition) is 2. The lowest BCUT2D eigenvalue weighted by Crippen LogP contribution is -2.25. The van der Waals surface area contributed by atoms with Gasteiger partial charge in [-0.1, -0.05) is 43.7 Å². The fraction of sp³-hybridized carbons (Fsp3) is 0.462. The maximum atomic E-state index is 10.1. The number of aliphatic hydroxyl groups excluding tert-OH is 1. The van der Waals surface area contributed by atoms with Crippen molar-refractivity contribution in [3.63, 3.8) is 0 Å². The van der Waals surface area contributed by atoms with Gasteiger partial charge in [0.2, 0.25) is 0 Å². The molecular weight excluding hydrogens is 432 g/mol. The fourth-order valence-electron chi connectivity index (χ4n) is 3.21. The van der Waals surface area contributed by atoms with Crippen molar-refractivity contribution in [2.45, 2.75) is 33.8 Å². The lowest BCUT2D eigenvalue weighted by molar-refractivity contribution is 0.0318. The molecule has 0 radical (unpaired) electrons. The Hall–Kier alpha value is -2.94. The van der Waals surface area contributed by atoms with Crippen molar-refractivity contribution in [3.8, 4) is 23.1 Å². The van der Waals surface area contributed by atoms with Crippen LogP contribution in [0.3, 0.4) is 0 Å². The SMILES string of the molecule is CCOCCOc1nc(-c2ccc(C)cc2)n(-c2ccc(NC[C@@H](O)COCC(C)C)cc2)n1. The Morgan fingerprint density at radius 1 is 0.971 bits per heavy atom. The van der Waals surface area contributed by atoms with Crippen molar-refractivity contribution >= 4 is 5.69 Å². The molecule has 0 aliphatic rings. The van der Waals surface area contributed by atoms with Crippen LogP contribution in [0.4, 0.5) is 5.69 Å². The average Bonchev–Trinajstić information content (AvgIpc) is 3.25. The van der Waals surface area contributed by atoms with Gasteiger partial charge >= 0.3 is 6.01 Å². The first-order valence-corrected chi connectivity index (χ1v) is 11.8. The van der Waals surface area contributed by atoms with Gasteiger partial charge < -0.3 is 24.6 Å². The fourth-order valence-corrected chi connectivity index (χ4v) is 3.21. The van der Waals surface area contributed by atoms with Crippen LogP contribution in [0.5, 0.6) is 6.01 Å². The third-order valence-electron chi connectivity index (χ3n) is 4.98. The molecule has 0 spiro atoms. The highest BCUT2D eigenvalue weighted by Crippen LogP contribution is 2.25. The number of nitrogens with one attached hydrogen (secondary N) is 1. The Bertz CT molecular complexity index is 987. The molecule has 0 aliphatic carbocycles. The Morgan fingerprint density at radius 2 is 1.71 bits per heavy atom. The number of rotatable bonds is 14. The molecule has 8 heteroatoms. The molecule has 1 heterocycles. The second-order valence-electron chi connectivity index (χ2n) is 8.55. The summed E-state index contributed by atoms with van der Waals surface area (Å²) in [5, 5.41) is 17.9. The van der Waals surface area contributed by atoms with E-state index in [1.54, 1.807) is 4.68 Å². The van der Waals surface area contributed by atoms with E-state index < -0.39 is 6.10 Å². The van der Waals surface area contributed by atoms with Gasteiger partial charge in [0.05, 0.1) is 25.0 Å². The van der Waals surface area contributed by atoms with E-state index in [-0.39, 0.29) is 0 Å². The summed E-state index contributed by atoms with van der Waals surface area (Å²) < 4.78 is 18.3. The molecule has 3 aromatic rings. The van der Waals surface area contributed by atoms with Gasteiger partial charge in [0.15, 0.2) is 5.82 Å². The van der Waals surface area contributed by atoms with Crippen molar-refractivity contribution in [1.29, 1.82) is 0 Å². The number of benzene rings is 2. The highest BCUT2D eigenvalue weighted by atomic mass is 16.5. The minimum atomic E-state index is -0.571. The zero-order valence-corrected chi connectivity index (χ0v) is 20.5. The van der Waals surface area contributed by atoms with Crippen molar-refractivity contribution < 1.29 is 19.3 Å². The lowest BCUT2D eigenvalue weighted by atomic mass is 10.1. The molecule has 0 bridgehead atoms. The molecule has 0 fully saturated rings. The third-order valence-corrected chi connectivity index (χ3v) is 4.98. The molecule has 0 saturated heterocycles. The number of anilines is 1. The second kappa shape index (κ2) is 13.1. The normalized spacial score (nSPS) is 12.2. The Kier molecular flexibility index (Phi) is 9.88. The highest BCUT2D eigenvalue weighted by molar-refractivity contribution is 5.60. The molecule has 1 aromatic heterocycles. The molecule has 184 valence electrons. The van der Waals surface area contributed by atoms with Gasteiger partial charge in [-0.05, 0) is 44.0 Å². The van der Waals surface area contributed by atoms with Crippen LogP contribution in [0.2, 0.25) is 0 Å². The third kappa shape index (κ3) is 7.83. The highest BCUT2D eigenvalue weighted by Gasteiger charge is 2.15. The van der Waals surface area contributed by atoms with E-state index >= 15 is 0 Å². The first kappa shape index (κ1) is 25.7. The Balaban J connectivity index is 1.70. The summed E-state index contributed by atoms with van der Waals surface area (Å²) in [5.41, 5.74) is 3.88. The summed E-state index contributed by atoms with van der Waals surface area (Å²) in [4.78, 5) is 4.62. The molecule has 0 amide bonds. The maximum absolute atomic E-state index is 10.1. The van der Waals surface area contributed by atoms with Crippen molar-refractivity contribution in [1.82, 2.24) is 14.8 Å². The van der Waals surface area contributed by atoms with Crippen LogP contribution in [0.1, 0.15) is 26.3 Å². The first-order chi connectivity index (χ1) is 16.5. The van der Waals surface area contributed by atoms with Crippen molar-refractivity contribution in [2.24, 2.45) is 5.92 Å². The van der Waals surface area contributed by atoms with E-state index in [0.29, 0.717) is 57.3 Å². The zero-order valence-electron chi connectivity index (χ0n) is 20.5. The molecule has 1 atom stereocenters.